The molecule has 0 aliphatic carbocycles. The number of likely N-dealkylation sites (tertiary alicyclic amines) is 1. The van der Waals surface area contributed by atoms with E-state index in [0.717, 1.165) is 41.5 Å². The van der Waals surface area contributed by atoms with Crippen LogP contribution < -0.4 is 14.5 Å². The van der Waals surface area contributed by atoms with E-state index in [1.807, 2.05) is 14.0 Å². The van der Waals surface area contributed by atoms with Gasteiger partial charge in [-0.1, -0.05) is 29.3 Å². The Morgan fingerprint density at radius 3 is 2.44 bits per heavy atom. The fourth-order valence-corrected chi connectivity index (χ4v) is 4.92. The van der Waals surface area contributed by atoms with E-state index in [1.165, 1.54) is 25.3 Å². The van der Waals surface area contributed by atoms with Crippen LogP contribution in [0.1, 0.15) is 18.4 Å². The maximum atomic E-state index is 13.4. The van der Waals surface area contributed by atoms with Crippen molar-refractivity contribution in [1.82, 2.24) is 10.3 Å². The molecule has 0 radical (unpaired) electrons. The van der Waals surface area contributed by atoms with Crippen LogP contribution in [0.4, 0.5) is 5.69 Å². The van der Waals surface area contributed by atoms with Crippen molar-refractivity contribution in [3.63, 3.8) is 0 Å². The number of piperidine rings is 1. The molecule has 1 amide bonds. The van der Waals surface area contributed by atoms with Crippen LogP contribution in [0.15, 0.2) is 52.5 Å². The number of nitrogens with one attached hydrogen (secondary N) is 1. The van der Waals surface area contributed by atoms with Gasteiger partial charge in [-0.3, -0.25) is 9.10 Å². The molecule has 0 aromatic heterocycles. The van der Waals surface area contributed by atoms with Gasteiger partial charge >= 0.3 is 0 Å². The normalized spacial score (nSPS) is 14.7. The number of sulfonamides is 1. The Morgan fingerprint density at radius 2 is 1.84 bits per heavy atom. The van der Waals surface area contributed by atoms with Crippen molar-refractivity contribution in [2.75, 3.05) is 38.1 Å². The monoisotopic (exact) mass is 478 g/mol. The van der Waals surface area contributed by atoms with E-state index < -0.39 is 22.5 Å². The molecule has 1 N–H and O–H groups in total. The first-order chi connectivity index (χ1) is 15.2. The summed E-state index contributed by atoms with van der Waals surface area (Å²) < 4.78 is 33.0. The number of carbonyl (C=O) groups excluding carboxylic acids is 1. The standard InChI is InChI=1S/C22H27ClN4O4S/c1-16-4-7-19(8-5-16)32(29,30)27(18-6-9-21(31-3)20(23)14-18)15-22(28)25-24-17-10-12-26(2)13-11-17/h4-9,14H,10-13,15H2,1-3H3,(H,25,28). The van der Waals surface area contributed by atoms with E-state index in [4.69, 9.17) is 16.3 Å². The number of halogens is 1. The number of hydrogen-bond donors (Lipinski definition) is 1. The lowest BCUT2D eigenvalue weighted by atomic mass is 10.1. The Hall–Kier alpha value is -2.62. The number of nitrogens with zero attached hydrogens (tertiary/aromatic N) is 3. The zero-order valence-corrected chi connectivity index (χ0v) is 19.9. The van der Waals surface area contributed by atoms with Gasteiger partial charge < -0.3 is 9.64 Å². The molecule has 8 nitrogen and oxygen atoms in total. The van der Waals surface area contributed by atoms with Crippen molar-refractivity contribution < 1.29 is 17.9 Å². The van der Waals surface area contributed by atoms with Crippen LogP contribution in [-0.4, -0.2) is 58.7 Å². The second-order valence-electron chi connectivity index (χ2n) is 7.66. The number of anilines is 1. The third-order valence-corrected chi connectivity index (χ3v) is 7.31. The summed E-state index contributed by atoms with van der Waals surface area (Å²) in [5, 5.41) is 4.44. The van der Waals surface area contributed by atoms with E-state index in [0.29, 0.717) is 5.75 Å². The average Bonchev–Trinajstić information content (AvgIpc) is 2.77. The molecule has 10 heteroatoms. The van der Waals surface area contributed by atoms with Gasteiger partial charge in [0.05, 0.1) is 22.7 Å². The highest BCUT2D eigenvalue weighted by Crippen LogP contribution is 2.32. The first-order valence-corrected chi connectivity index (χ1v) is 12.0. The summed E-state index contributed by atoms with van der Waals surface area (Å²) in [6.45, 7) is 3.16. The molecule has 172 valence electrons. The van der Waals surface area contributed by atoms with Gasteiger partial charge in [0, 0.05) is 31.6 Å². The summed E-state index contributed by atoms with van der Waals surface area (Å²) >= 11 is 6.23. The molecular formula is C22H27ClN4O4S. The smallest absolute Gasteiger partial charge is 0.264 e. The molecule has 3 rings (SSSR count). The Labute approximate surface area is 193 Å². The van der Waals surface area contributed by atoms with Crippen molar-refractivity contribution >= 4 is 38.9 Å². The molecule has 0 spiro atoms. The first kappa shape index (κ1) is 24.0. The highest BCUT2D eigenvalue weighted by atomic mass is 35.5. The summed E-state index contributed by atoms with van der Waals surface area (Å²) in [5.74, 6) is -0.139. The number of benzene rings is 2. The largest absolute Gasteiger partial charge is 0.495 e. The van der Waals surface area contributed by atoms with Gasteiger partial charge in [-0.2, -0.15) is 5.10 Å². The van der Waals surface area contributed by atoms with Crippen LogP contribution in [-0.2, 0) is 14.8 Å². The number of amides is 1. The first-order valence-electron chi connectivity index (χ1n) is 10.2. The number of ether oxygens (including phenoxy) is 1. The predicted molar refractivity (Wildman–Crippen MR) is 126 cm³/mol. The fourth-order valence-electron chi connectivity index (χ4n) is 3.26. The van der Waals surface area contributed by atoms with E-state index >= 15 is 0 Å². The van der Waals surface area contributed by atoms with Crippen LogP contribution >= 0.6 is 11.6 Å². The van der Waals surface area contributed by atoms with Crippen LogP contribution in [0.2, 0.25) is 5.02 Å². The van der Waals surface area contributed by atoms with Crippen molar-refractivity contribution in [3.05, 3.63) is 53.1 Å². The Morgan fingerprint density at radius 1 is 1.19 bits per heavy atom. The minimum atomic E-state index is -4.03. The fraction of sp³-hybridized carbons (Fsp3) is 0.364. The topological polar surface area (TPSA) is 91.3 Å². The van der Waals surface area contributed by atoms with Gasteiger partial charge in [0.25, 0.3) is 15.9 Å². The SMILES string of the molecule is COc1ccc(N(CC(=O)NN=C2CCN(C)CC2)S(=O)(=O)c2ccc(C)cc2)cc1Cl. The van der Waals surface area contributed by atoms with Crippen molar-refractivity contribution in [3.8, 4) is 5.75 Å². The molecule has 1 aliphatic heterocycles. The zero-order chi connectivity index (χ0) is 23.3. The number of hydrazone groups is 1. The second-order valence-corrected chi connectivity index (χ2v) is 9.93. The van der Waals surface area contributed by atoms with Crippen LogP contribution in [0.3, 0.4) is 0 Å². The summed E-state index contributed by atoms with van der Waals surface area (Å²) in [6, 6.07) is 11.0. The van der Waals surface area contributed by atoms with Gasteiger partial charge in [0.1, 0.15) is 12.3 Å². The molecular weight excluding hydrogens is 452 g/mol. The third kappa shape index (κ3) is 5.79. The summed E-state index contributed by atoms with van der Waals surface area (Å²) in [6.07, 6.45) is 1.52. The van der Waals surface area contributed by atoms with E-state index in [1.54, 1.807) is 24.3 Å². The number of carbonyl (C=O) groups is 1. The van der Waals surface area contributed by atoms with Gasteiger partial charge in [-0.05, 0) is 44.3 Å². The predicted octanol–water partition coefficient (Wildman–Crippen LogP) is 3.05. The van der Waals surface area contributed by atoms with E-state index in [-0.39, 0.29) is 15.6 Å². The van der Waals surface area contributed by atoms with Crippen molar-refractivity contribution in [1.29, 1.82) is 0 Å². The number of hydrogen-bond acceptors (Lipinski definition) is 6. The van der Waals surface area contributed by atoms with Crippen LogP contribution in [0.25, 0.3) is 0 Å². The molecule has 0 unspecified atom stereocenters. The minimum Gasteiger partial charge on any atom is -0.495 e. The lowest BCUT2D eigenvalue weighted by molar-refractivity contribution is -0.119. The highest BCUT2D eigenvalue weighted by Gasteiger charge is 2.28. The van der Waals surface area contributed by atoms with Gasteiger partial charge in [-0.15, -0.1) is 0 Å². The summed E-state index contributed by atoms with van der Waals surface area (Å²) in [7, 11) is -0.534. The maximum absolute atomic E-state index is 13.4. The van der Waals surface area contributed by atoms with Gasteiger partial charge in [-0.25, -0.2) is 13.8 Å². The van der Waals surface area contributed by atoms with Crippen molar-refractivity contribution in [2.45, 2.75) is 24.7 Å². The molecule has 0 saturated carbocycles. The zero-order valence-electron chi connectivity index (χ0n) is 18.3. The number of methoxy groups -OCH3 is 1. The van der Waals surface area contributed by atoms with Crippen LogP contribution in [0.5, 0.6) is 5.75 Å². The average molecular weight is 479 g/mol. The Kier molecular flexibility index (Phi) is 7.76. The van der Waals surface area contributed by atoms with Crippen molar-refractivity contribution in [2.24, 2.45) is 5.10 Å². The molecule has 2 aromatic carbocycles. The molecule has 0 atom stereocenters. The molecule has 1 fully saturated rings. The lowest BCUT2D eigenvalue weighted by Crippen LogP contribution is -2.40. The Balaban J connectivity index is 1.88. The lowest BCUT2D eigenvalue weighted by Gasteiger charge is -2.25. The number of rotatable bonds is 7. The molecule has 0 bridgehead atoms. The molecule has 1 saturated heterocycles. The summed E-state index contributed by atoms with van der Waals surface area (Å²) in [5.41, 5.74) is 4.56. The molecule has 1 aliphatic rings. The van der Waals surface area contributed by atoms with Gasteiger partial charge in [0.15, 0.2) is 0 Å². The van der Waals surface area contributed by atoms with Crippen LogP contribution in [0, 0.1) is 6.92 Å². The molecule has 1 heterocycles. The summed E-state index contributed by atoms with van der Waals surface area (Å²) in [4.78, 5) is 14.9. The van der Waals surface area contributed by atoms with E-state index in [9.17, 15) is 13.2 Å². The molecule has 2 aromatic rings. The minimum absolute atomic E-state index is 0.0736. The Bertz CT molecular complexity index is 1090. The maximum Gasteiger partial charge on any atom is 0.264 e. The third-order valence-electron chi connectivity index (χ3n) is 5.22. The van der Waals surface area contributed by atoms with E-state index in [2.05, 4.69) is 15.4 Å². The quantitative estimate of drug-likeness (QED) is 0.617. The molecule has 32 heavy (non-hydrogen) atoms. The second kappa shape index (κ2) is 10.3. The highest BCUT2D eigenvalue weighted by molar-refractivity contribution is 7.92. The number of aryl methyl sites for hydroxylation is 1. The van der Waals surface area contributed by atoms with Gasteiger partial charge in [0.2, 0.25) is 0 Å².